The summed E-state index contributed by atoms with van der Waals surface area (Å²) in [5.74, 6) is -1.37. The van der Waals surface area contributed by atoms with Crippen LogP contribution in [0.15, 0.2) is 12.1 Å². The van der Waals surface area contributed by atoms with Crippen molar-refractivity contribution in [3.8, 4) is 5.75 Å². The van der Waals surface area contributed by atoms with E-state index in [1.807, 2.05) is 0 Å². The summed E-state index contributed by atoms with van der Waals surface area (Å²) in [6.07, 6.45) is 1.71. The zero-order chi connectivity index (χ0) is 13.7. The van der Waals surface area contributed by atoms with Crippen LogP contribution in [0.2, 0.25) is 0 Å². The summed E-state index contributed by atoms with van der Waals surface area (Å²) < 4.78 is 32.3. The molecule has 0 aliphatic heterocycles. The highest BCUT2D eigenvalue weighted by atomic mass is 32.1. The molecule has 18 heavy (non-hydrogen) atoms. The van der Waals surface area contributed by atoms with Crippen LogP contribution < -0.4 is 10.5 Å². The van der Waals surface area contributed by atoms with Crippen molar-refractivity contribution in [2.24, 2.45) is 11.7 Å². The molecule has 0 unspecified atom stereocenters. The third-order valence-electron chi connectivity index (χ3n) is 2.46. The van der Waals surface area contributed by atoms with Crippen molar-refractivity contribution >= 4 is 17.2 Å². The number of hydrogen-bond donors (Lipinski definition) is 1. The summed E-state index contributed by atoms with van der Waals surface area (Å²) in [7, 11) is 0. The second kappa shape index (κ2) is 6.64. The monoisotopic (exact) mass is 273 g/mol. The summed E-state index contributed by atoms with van der Waals surface area (Å²) >= 11 is 4.66. The molecule has 5 heteroatoms. The first-order chi connectivity index (χ1) is 8.41. The van der Waals surface area contributed by atoms with Gasteiger partial charge in [0.1, 0.15) is 4.99 Å². The quantitative estimate of drug-likeness (QED) is 0.637. The van der Waals surface area contributed by atoms with E-state index >= 15 is 0 Å². The lowest BCUT2D eigenvalue weighted by atomic mass is 10.1. The fourth-order valence-corrected chi connectivity index (χ4v) is 1.62. The Labute approximate surface area is 111 Å². The van der Waals surface area contributed by atoms with Crippen molar-refractivity contribution in [3.63, 3.8) is 0 Å². The van der Waals surface area contributed by atoms with Crippen molar-refractivity contribution < 1.29 is 13.5 Å². The van der Waals surface area contributed by atoms with Crippen LogP contribution in [-0.2, 0) is 0 Å². The minimum atomic E-state index is -0.776. The SMILES string of the molecule is CC(C)CCCOc1c(F)cc(C(N)=S)cc1F. The average molecular weight is 273 g/mol. The number of thiocarbonyl (C=S) groups is 1. The van der Waals surface area contributed by atoms with Gasteiger partial charge in [0.15, 0.2) is 17.4 Å². The van der Waals surface area contributed by atoms with E-state index in [1.54, 1.807) is 0 Å². The van der Waals surface area contributed by atoms with E-state index in [-0.39, 0.29) is 16.3 Å². The summed E-state index contributed by atoms with van der Waals surface area (Å²) in [5, 5.41) is 0. The maximum Gasteiger partial charge on any atom is 0.190 e. The number of halogens is 2. The number of hydrogen-bond acceptors (Lipinski definition) is 2. The average Bonchev–Trinajstić information content (AvgIpc) is 2.26. The summed E-state index contributed by atoms with van der Waals surface area (Å²) in [5.41, 5.74) is 5.48. The highest BCUT2D eigenvalue weighted by Gasteiger charge is 2.13. The van der Waals surface area contributed by atoms with Gasteiger partial charge in [-0.25, -0.2) is 8.78 Å². The molecule has 0 radical (unpaired) electrons. The number of benzene rings is 1. The zero-order valence-electron chi connectivity index (χ0n) is 10.5. The molecule has 100 valence electrons. The molecule has 0 amide bonds. The van der Waals surface area contributed by atoms with Crippen LogP contribution in [0, 0.1) is 17.6 Å². The van der Waals surface area contributed by atoms with Gasteiger partial charge >= 0.3 is 0 Å². The Balaban J connectivity index is 2.69. The van der Waals surface area contributed by atoms with Crippen LogP contribution >= 0.6 is 12.2 Å². The lowest BCUT2D eigenvalue weighted by Gasteiger charge is -2.10. The van der Waals surface area contributed by atoms with E-state index < -0.39 is 11.6 Å². The molecule has 1 aromatic rings. The second-order valence-electron chi connectivity index (χ2n) is 4.52. The number of ether oxygens (including phenoxy) is 1. The van der Waals surface area contributed by atoms with Crippen LogP contribution in [0.1, 0.15) is 32.3 Å². The standard InChI is InChI=1S/C13H17F2NOS/c1-8(2)4-3-5-17-12-10(14)6-9(13(16)18)7-11(12)15/h6-8H,3-5H2,1-2H3,(H2,16,18). The molecule has 0 bridgehead atoms. The molecule has 0 heterocycles. The highest BCUT2D eigenvalue weighted by Crippen LogP contribution is 2.23. The molecule has 0 aliphatic carbocycles. The van der Waals surface area contributed by atoms with Gasteiger partial charge in [0.25, 0.3) is 0 Å². The largest absolute Gasteiger partial charge is 0.488 e. The molecule has 2 N–H and O–H groups in total. The van der Waals surface area contributed by atoms with Crippen LogP contribution in [-0.4, -0.2) is 11.6 Å². The van der Waals surface area contributed by atoms with Gasteiger partial charge in [0, 0.05) is 5.56 Å². The predicted octanol–water partition coefficient (Wildman–Crippen LogP) is 3.41. The van der Waals surface area contributed by atoms with Crippen molar-refractivity contribution in [3.05, 3.63) is 29.3 Å². The van der Waals surface area contributed by atoms with Crippen LogP contribution in [0.3, 0.4) is 0 Å². The van der Waals surface area contributed by atoms with E-state index in [4.69, 9.17) is 10.5 Å². The second-order valence-corrected chi connectivity index (χ2v) is 4.96. The van der Waals surface area contributed by atoms with E-state index in [1.165, 1.54) is 0 Å². The zero-order valence-corrected chi connectivity index (χ0v) is 11.3. The van der Waals surface area contributed by atoms with Gasteiger partial charge < -0.3 is 10.5 Å². The van der Waals surface area contributed by atoms with Crippen LogP contribution in [0.4, 0.5) is 8.78 Å². The minimum absolute atomic E-state index is 0.0424. The lowest BCUT2D eigenvalue weighted by molar-refractivity contribution is 0.270. The third-order valence-corrected chi connectivity index (χ3v) is 2.69. The first-order valence-electron chi connectivity index (χ1n) is 5.83. The molecule has 0 saturated heterocycles. The molecule has 2 nitrogen and oxygen atoms in total. The molecule has 1 aromatic carbocycles. The van der Waals surface area contributed by atoms with E-state index in [0.717, 1.165) is 25.0 Å². The van der Waals surface area contributed by atoms with Crippen molar-refractivity contribution in [1.29, 1.82) is 0 Å². The third kappa shape index (κ3) is 4.22. The maximum absolute atomic E-state index is 13.6. The Morgan fingerprint density at radius 1 is 1.33 bits per heavy atom. The van der Waals surface area contributed by atoms with Crippen molar-refractivity contribution in [1.82, 2.24) is 0 Å². The summed E-state index contributed by atoms with van der Waals surface area (Å²) in [6.45, 7) is 4.45. The van der Waals surface area contributed by atoms with E-state index in [9.17, 15) is 8.78 Å². The molecular weight excluding hydrogens is 256 g/mol. The fourth-order valence-electron chi connectivity index (χ4n) is 1.51. The molecule has 0 aliphatic rings. The Hall–Kier alpha value is -1.23. The van der Waals surface area contributed by atoms with Gasteiger partial charge in [0.05, 0.1) is 6.61 Å². The van der Waals surface area contributed by atoms with Gasteiger partial charge in [0.2, 0.25) is 0 Å². The Kier molecular flexibility index (Phi) is 5.47. The molecule has 0 fully saturated rings. The molecular formula is C13H17F2NOS. The Bertz CT molecular complexity index is 412. The van der Waals surface area contributed by atoms with Crippen molar-refractivity contribution in [2.75, 3.05) is 6.61 Å². The lowest BCUT2D eigenvalue weighted by Crippen LogP contribution is -2.11. The minimum Gasteiger partial charge on any atom is -0.488 e. The van der Waals surface area contributed by atoms with E-state index in [2.05, 4.69) is 26.1 Å². The van der Waals surface area contributed by atoms with Gasteiger partial charge in [-0.1, -0.05) is 26.1 Å². The molecule has 0 saturated carbocycles. The first kappa shape index (κ1) is 14.8. The smallest absolute Gasteiger partial charge is 0.190 e. The summed E-state index contributed by atoms with van der Waals surface area (Å²) in [6, 6.07) is 2.17. The molecule has 0 atom stereocenters. The predicted molar refractivity (Wildman–Crippen MR) is 71.8 cm³/mol. The maximum atomic E-state index is 13.6. The van der Waals surface area contributed by atoms with Crippen LogP contribution in [0.5, 0.6) is 5.75 Å². The molecule has 1 rings (SSSR count). The van der Waals surface area contributed by atoms with Gasteiger partial charge in [-0.15, -0.1) is 0 Å². The van der Waals surface area contributed by atoms with E-state index in [0.29, 0.717) is 12.5 Å². The number of rotatable bonds is 6. The van der Waals surface area contributed by atoms with Gasteiger partial charge in [-0.05, 0) is 30.9 Å². The Morgan fingerprint density at radius 2 is 1.89 bits per heavy atom. The topological polar surface area (TPSA) is 35.2 Å². The first-order valence-corrected chi connectivity index (χ1v) is 6.24. The highest BCUT2D eigenvalue weighted by molar-refractivity contribution is 7.80. The fraction of sp³-hybridized carbons (Fsp3) is 0.462. The number of nitrogens with two attached hydrogens (primary N) is 1. The summed E-state index contributed by atoms with van der Waals surface area (Å²) in [4.78, 5) is -0.0424. The normalized spacial score (nSPS) is 10.7. The molecule has 0 spiro atoms. The van der Waals surface area contributed by atoms with Gasteiger partial charge in [-0.3, -0.25) is 0 Å². The van der Waals surface area contributed by atoms with Crippen LogP contribution in [0.25, 0.3) is 0 Å². The molecule has 0 aromatic heterocycles. The van der Waals surface area contributed by atoms with Crippen molar-refractivity contribution in [2.45, 2.75) is 26.7 Å². The Morgan fingerprint density at radius 3 is 2.33 bits per heavy atom. The van der Waals surface area contributed by atoms with Gasteiger partial charge in [-0.2, -0.15) is 0 Å².